The zero-order valence-electron chi connectivity index (χ0n) is 9.71. The van der Waals surface area contributed by atoms with E-state index in [2.05, 4.69) is 9.97 Å². The first kappa shape index (κ1) is 11.6. The van der Waals surface area contributed by atoms with Crippen LogP contribution in [0.5, 0.6) is 0 Å². The molecular formula is C12H17N5. The number of hydrogen-bond donors (Lipinski definition) is 2. The Morgan fingerprint density at radius 2 is 2.12 bits per heavy atom. The summed E-state index contributed by atoms with van der Waals surface area (Å²) in [4.78, 5) is 8.55. The van der Waals surface area contributed by atoms with Crippen molar-refractivity contribution in [3.05, 3.63) is 30.9 Å². The largest absolute Gasteiger partial charge is 0.397 e. The van der Waals surface area contributed by atoms with Crippen molar-refractivity contribution in [3.63, 3.8) is 0 Å². The third-order valence-electron chi connectivity index (χ3n) is 2.59. The highest BCUT2D eigenvalue weighted by Crippen LogP contribution is 2.20. The molecule has 0 radical (unpaired) electrons. The molecule has 5 heteroatoms. The van der Waals surface area contributed by atoms with E-state index in [9.17, 15) is 0 Å². The Morgan fingerprint density at radius 1 is 1.24 bits per heavy atom. The van der Waals surface area contributed by atoms with Crippen LogP contribution in [0.15, 0.2) is 30.9 Å². The molecule has 2 aromatic heterocycles. The number of hydrogen-bond acceptors (Lipinski definition) is 4. The second-order valence-electron chi connectivity index (χ2n) is 3.93. The molecular weight excluding hydrogens is 214 g/mol. The van der Waals surface area contributed by atoms with Crippen LogP contribution < -0.4 is 11.5 Å². The predicted molar refractivity (Wildman–Crippen MR) is 68.2 cm³/mol. The van der Waals surface area contributed by atoms with E-state index in [1.807, 2.05) is 22.9 Å². The van der Waals surface area contributed by atoms with E-state index in [0.29, 0.717) is 5.69 Å². The van der Waals surface area contributed by atoms with Crippen LogP contribution in [0.4, 0.5) is 5.69 Å². The molecule has 5 nitrogen and oxygen atoms in total. The summed E-state index contributed by atoms with van der Waals surface area (Å²) in [6.45, 7) is 1.66. The minimum Gasteiger partial charge on any atom is -0.397 e. The third kappa shape index (κ3) is 2.82. The zero-order valence-corrected chi connectivity index (χ0v) is 9.71. The molecule has 90 valence electrons. The Kier molecular flexibility index (Phi) is 3.72. The van der Waals surface area contributed by atoms with E-state index >= 15 is 0 Å². The highest BCUT2D eigenvalue weighted by Gasteiger charge is 2.06. The van der Waals surface area contributed by atoms with E-state index < -0.39 is 0 Å². The Morgan fingerprint density at radius 3 is 2.88 bits per heavy atom. The molecule has 2 heterocycles. The summed E-state index contributed by atoms with van der Waals surface area (Å²) >= 11 is 0. The molecule has 0 unspecified atom stereocenters. The lowest BCUT2D eigenvalue weighted by molar-refractivity contribution is 0.614. The lowest BCUT2D eigenvalue weighted by Crippen LogP contribution is -2.01. The minimum absolute atomic E-state index is 0.653. The van der Waals surface area contributed by atoms with Crippen molar-refractivity contribution in [1.82, 2.24) is 14.5 Å². The summed E-state index contributed by atoms with van der Waals surface area (Å²) in [5, 5.41) is 0. The third-order valence-corrected chi connectivity index (χ3v) is 2.59. The quantitative estimate of drug-likeness (QED) is 0.759. The lowest BCUT2D eigenvalue weighted by atomic mass is 10.2. The number of aryl methyl sites for hydroxylation is 1. The Bertz CT molecular complexity index is 477. The number of nitrogen functional groups attached to an aromatic ring is 1. The van der Waals surface area contributed by atoms with Gasteiger partial charge in [0.15, 0.2) is 0 Å². The van der Waals surface area contributed by atoms with Gasteiger partial charge in [-0.15, -0.1) is 0 Å². The molecule has 0 bridgehead atoms. The highest BCUT2D eigenvalue weighted by molar-refractivity contribution is 5.68. The van der Waals surface area contributed by atoms with E-state index in [-0.39, 0.29) is 0 Å². The first-order chi connectivity index (χ1) is 8.31. The van der Waals surface area contributed by atoms with Gasteiger partial charge in [-0.05, 0) is 31.5 Å². The fourth-order valence-electron chi connectivity index (χ4n) is 1.68. The van der Waals surface area contributed by atoms with Crippen LogP contribution in [0.3, 0.4) is 0 Å². The summed E-state index contributed by atoms with van der Waals surface area (Å²) in [6.07, 6.45) is 7.58. The summed E-state index contributed by atoms with van der Waals surface area (Å²) in [7, 11) is 0. The molecule has 0 amide bonds. The zero-order chi connectivity index (χ0) is 12.1. The standard InChI is InChI=1S/C12H17N5/c13-5-1-2-7-17-8-11(16-9-17)12-10(14)4-3-6-15-12/h3-4,6,8-9H,1-2,5,7,13-14H2. The number of aromatic nitrogens is 3. The Hall–Kier alpha value is -1.88. The normalized spacial score (nSPS) is 10.6. The average molecular weight is 231 g/mol. The van der Waals surface area contributed by atoms with Gasteiger partial charge < -0.3 is 16.0 Å². The van der Waals surface area contributed by atoms with Gasteiger partial charge in [0.2, 0.25) is 0 Å². The van der Waals surface area contributed by atoms with Crippen LogP contribution in [0.25, 0.3) is 11.4 Å². The molecule has 0 atom stereocenters. The molecule has 0 aliphatic carbocycles. The number of imidazole rings is 1. The van der Waals surface area contributed by atoms with Crippen molar-refractivity contribution in [2.24, 2.45) is 5.73 Å². The molecule has 2 aromatic rings. The van der Waals surface area contributed by atoms with Crippen molar-refractivity contribution >= 4 is 5.69 Å². The van der Waals surface area contributed by atoms with Gasteiger partial charge in [-0.3, -0.25) is 4.98 Å². The second kappa shape index (κ2) is 5.45. The van der Waals surface area contributed by atoms with Gasteiger partial charge >= 0.3 is 0 Å². The maximum atomic E-state index is 5.86. The van der Waals surface area contributed by atoms with Crippen LogP contribution in [0.2, 0.25) is 0 Å². The van der Waals surface area contributed by atoms with E-state index in [4.69, 9.17) is 11.5 Å². The summed E-state index contributed by atoms with van der Waals surface area (Å²) in [6, 6.07) is 3.65. The topological polar surface area (TPSA) is 82.8 Å². The van der Waals surface area contributed by atoms with Crippen molar-refractivity contribution in [3.8, 4) is 11.4 Å². The van der Waals surface area contributed by atoms with Crippen LogP contribution in [-0.2, 0) is 6.54 Å². The summed E-state index contributed by atoms with van der Waals surface area (Å²) in [5.41, 5.74) is 13.5. The maximum Gasteiger partial charge on any atom is 0.113 e. The maximum absolute atomic E-state index is 5.86. The van der Waals surface area contributed by atoms with Crippen LogP contribution in [-0.4, -0.2) is 21.1 Å². The SMILES string of the molecule is NCCCCn1cnc(-c2ncccc2N)c1. The molecule has 2 rings (SSSR count). The Labute approximate surface area is 100 Å². The van der Waals surface area contributed by atoms with Crippen molar-refractivity contribution < 1.29 is 0 Å². The summed E-state index contributed by atoms with van der Waals surface area (Å²) in [5.74, 6) is 0. The molecule has 0 saturated heterocycles. The predicted octanol–water partition coefficient (Wildman–Crippen LogP) is 1.27. The molecule has 0 aromatic carbocycles. The number of nitrogens with zero attached hydrogens (tertiary/aromatic N) is 3. The van der Waals surface area contributed by atoms with Gasteiger partial charge in [0.25, 0.3) is 0 Å². The van der Waals surface area contributed by atoms with Crippen molar-refractivity contribution in [2.75, 3.05) is 12.3 Å². The molecule has 0 fully saturated rings. The van der Waals surface area contributed by atoms with Crippen LogP contribution in [0, 0.1) is 0 Å². The number of pyridine rings is 1. The van der Waals surface area contributed by atoms with E-state index in [0.717, 1.165) is 37.3 Å². The fourth-order valence-corrected chi connectivity index (χ4v) is 1.68. The highest BCUT2D eigenvalue weighted by atomic mass is 15.0. The van der Waals surface area contributed by atoms with Gasteiger partial charge in [-0.2, -0.15) is 0 Å². The molecule has 4 N–H and O–H groups in total. The lowest BCUT2D eigenvalue weighted by Gasteiger charge is -2.01. The van der Waals surface area contributed by atoms with Crippen LogP contribution >= 0.6 is 0 Å². The molecule has 0 spiro atoms. The van der Waals surface area contributed by atoms with E-state index in [1.165, 1.54) is 0 Å². The molecule has 0 saturated carbocycles. The first-order valence-electron chi connectivity index (χ1n) is 5.74. The van der Waals surface area contributed by atoms with Gasteiger partial charge in [0.1, 0.15) is 11.4 Å². The fraction of sp³-hybridized carbons (Fsp3) is 0.333. The first-order valence-corrected chi connectivity index (χ1v) is 5.74. The average Bonchev–Trinajstić information content (AvgIpc) is 2.79. The van der Waals surface area contributed by atoms with Gasteiger partial charge in [0.05, 0.1) is 12.0 Å². The monoisotopic (exact) mass is 231 g/mol. The van der Waals surface area contributed by atoms with Crippen molar-refractivity contribution in [2.45, 2.75) is 19.4 Å². The number of anilines is 1. The minimum atomic E-state index is 0.653. The smallest absolute Gasteiger partial charge is 0.113 e. The van der Waals surface area contributed by atoms with Gasteiger partial charge in [-0.25, -0.2) is 4.98 Å². The molecule has 17 heavy (non-hydrogen) atoms. The summed E-state index contributed by atoms with van der Waals surface area (Å²) < 4.78 is 2.04. The second-order valence-corrected chi connectivity index (χ2v) is 3.93. The van der Waals surface area contributed by atoms with Crippen LogP contribution in [0.1, 0.15) is 12.8 Å². The van der Waals surface area contributed by atoms with Gasteiger partial charge in [-0.1, -0.05) is 0 Å². The van der Waals surface area contributed by atoms with E-state index in [1.54, 1.807) is 12.5 Å². The number of rotatable bonds is 5. The van der Waals surface area contributed by atoms with Gasteiger partial charge in [0, 0.05) is 18.9 Å². The molecule has 0 aliphatic heterocycles. The Balaban J connectivity index is 2.10. The molecule has 0 aliphatic rings. The van der Waals surface area contributed by atoms with Crippen molar-refractivity contribution in [1.29, 1.82) is 0 Å². The number of unbranched alkanes of at least 4 members (excludes halogenated alkanes) is 1. The number of nitrogens with two attached hydrogens (primary N) is 2.